The predicted octanol–water partition coefficient (Wildman–Crippen LogP) is 7.72. The zero-order valence-corrected chi connectivity index (χ0v) is 20.3. The van der Waals surface area contributed by atoms with Crippen LogP contribution in [-0.4, -0.2) is 35.0 Å². The smallest absolute Gasteiger partial charge is 0 e. The van der Waals surface area contributed by atoms with Gasteiger partial charge in [0.1, 0.15) is 0 Å². The van der Waals surface area contributed by atoms with Crippen LogP contribution in [0.25, 0.3) is 0 Å². The fourth-order valence-electron chi connectivity index (χ4n) is 2.69. The Kier molecular flexibility index (Phi) is 22.3. The topological polar surface area (TPSA) is 0 Å². The van der Waals surface area contributed by atoms with Gasteiger partial charge < -0.3 is 0 Å². The standard InChI is InChI=1S/C14H32P2.C6H10.Pd/c1-11(2)15(12(3)4)9-10-16(13(5)6)14(7)8;1-3-5-6-4-2;/h11-14H,9-10H2,1-8H3;3-4H,1-2,5-6H2;. The first-order valence-electron chi connectivity index (χ1n) is 8.92. The van der Waals surface area contributed by atoms with E-state index in [0.717, 1.165) is 35.5 Å². The average Bonchev–Trinajstić information content (AvgIpc) is 2.40. The molecule has 0 amide bonds. The van der Waals surface area contributed by atoms with Crippen LogP contribution in [0.5, 0.6) is 0 Å². The molecule has 142 valence electrons. The summed E-state index contributed by atoms with van der Waals surface area (Å²) in [5, 5.41) is 0. The van der Waals surface area contributed by atoms with E-state index >= 15 is 0 Å². The van der Waals surface area contributed by atoms with Gasteiger partial charge in [-0.2, -0.15) is 0 Å². The molecule has 0 rings (SSSR count). The molecule has 23 heavy (non-hydrogen) atoms. The molecule has 0 aliphatic carbocycles. The maximum atomic E-state index is 3.55. The molecule has 0 aliphatic heterocycles. The van der Waals surface area contributed by atoms with Crippen molar-refractivity contribution in [1.82, 2.24) is 0 Å². The molecule has 0 unspecified atom stereocenters. The Balaban J connectivity index is -0.000000487. The summed E-state index contributed by atoms with van der Waals surface area (Å²) in [4.78, 5) is 0. The molecule has 0 aromatic heterocycles. The zero-order valence-electron chi connectivity index (χ0n) is 16.9. The van der Waals surface area contributed by atoms with Crippen molar-refractivity contribution in [1.29, 1.82) is 0 Å². The van der Waals surface area contributed by atoms with Crippen LogP contribution in [0.4, 0.5) is 0 Å². The number of allylic oxidation sites excluding steroid dienone is 2. The van der Waals surface area contributed by atoms with Gasteiger partial charge >= 0.3 is 0 Å². The molecule has 0 saturated carbocycles. The Bertz CT molecular complexity index is 229. The number of unbranched alkanes of at least 4 members (excludes halogenated alkanes) is 1. The molecule has 0 atom stereocenters. The second kappa shape index (κ2) is 17.8. The largest absolute Gasteiger partial charge is 0.103 e. The van der Waals surface area contributed by atoms with Gasteiger partial charge in [-0.3, -0.25) is 0 Å². The Hall–Kier alpha value is 1.00. The first-order chi connectivity index (χ1) is 10.2. The maximum Gasteiger partial charge on any atom is 0 e. The van der Waals surface area contributed by atoms with Crippen molar-refractivity contribution in [2.75, 3.05) is 12.3 Å². The molecule has 3 heteroatoms. The van der Waals surface area contributed by atoms with Crippen LogP contribution >= 0.6 is 15.8 Å². The van der Waals surface area contributed by atoms with Crippen molar-refractivity contribution >= 4 is 15.8 Å². The van der Waals surface area contributed by atoms with Crippen LogP contribution in [0.2, 0.25) is 0 Å². The molecule has 0 aromatic carbocycles. The van der Waals surface area contributed by atoms with E-state index < -0.39 is 0 Å². The monoisotopic (exact) mass is 450 g/mol. The van der Waals surface area contributed by atoms with Crippen molar-refractivity contribution in [3.05, 3.63) is 25.3 Å². The van der Waals surface area contributed by atoms with Crippen molar-refractivity contribution in [2.45, 2.75) is 90.9 Å². The second-order valence-corrected chi connectivity index (χ2v) is 14.1. The molecule has 0 radical (unpaired) electrons. The van der Waals surface area contributed by atoms with Crippen molar-refractivity contribution in [3.63, 3.8) is 0 Å². The van der Waals surface area contributed by atoms with Crippen LogP contribution < -0.4 is 0 Å². The molecular weight excluding hydrogens is 409 g/mol. The van der Waals surface area contributed by atoms with E-state index in [1.807, 2.05) is 12.2 Å². The first-order valence-corrected chi connectivity index (χ1v) is 12.2. The van der Waals surface area contributed by atoms with E-state index in [2.05, 4.69) is 68.5 Å². The Morgan fingerprint density at radius 1 is 0.609 bits per heavy atom. The fraction of sp³-hybridized carbons (Fsp3) is 0.800. The van der Waals surface area contributed by atoms with Crippen LogP contribution in [0.3, 0.4) is 0 Å². The SMILES string of the molecule is C=CCCC=C.CC(C)P(CCP(C(C)C)C(C)C)C(C)C.[Pd]. The van der Waals surface area contributed by atoms with Gasteiger partial charge in [0, 0.05) is 20.4 Å². The molecule has 0 N–H and O–H groups in total. The van der Waals surface area contributed by atoms with E-state index in [4.69, 9.17) is 0 Å². The van der Waals surface area contributed by atoms with E-state index in [-0.39, 0.29) is 36.3 Å². The summed E-state index contributed by atoms with van der Waals surface area (Å²) >= 11 is 0. The minimum absolute atomic E-state index is 0. The third-order valence-corrected chi connectivity index (χ3v) is 11.0. The van der Waals surface area contributed by atoms with Gasteiger partial charge in [-0.05, 0) is 47.8 Å². The zero-order chi connectivity index (χ0) is 17.7. The molecular formula is C20H42P2Pd. The van der Waals surface area contributed by atoms with Crippen molar-refractivity contribution in [2.24, 2.45) is 0 Å². The molecule has 0 aliphatic rings. The summed E-state index contributed by atoms with van der Waals surface area (Å²) in [5.74, 6) is 0. The Morgan fingerprint density at radius 3 is 0.957 bits per heavy atom. The summed E-state index contributed by atoms with van der Waals surface area (Å²) in [6.45, 7) is 26.4. The van der Waals surface area contributed by atoms with Gasteiger partial charge in [0.25, 0.3) is 0 Å². The average molecular weight is 451 g/mol. The van der Waals surface area contributed by atoms with Gasteiger partial charge in [-0.25, -0.2) is 0 Å². The molecule has 0 spiro atoms. The summed E-state index contributed by atoms with van der Waals surface area (Å²) in [6.07, 6.45) is 8.91. The van der Waals surface area contributed by atoms with Gasteiger partial charge in [0.05, 0.1) is 0 Å². The predicted molar refractivity (Wildman–Crippen MR) is 114 cm³/mol. The van der Waals surface area contributed by atoms with E-state index in [1.54, 1.807) is 0 Å². The van der Waals surface area contributed by atoms with E-state index in [1.165, 1.54) is 12.3 Å². The van der Waals surface area contributed by atoms with Crippen LogP contribution in [0, 0.1) is 0 Å². The van der Waals surface area contributed by atoms with Crippen LogP contribution in [0.1, 0.15) is 68.2 Å². The molecule has 0 bridgehead atoms. The fourth-order valence-corrected chi connectivity index (χ4v) is 8.99. The molecule has 0 heterocycles. The minimum Gasteiger partial charge on any atom is -0.103 e. The summed E-state index contributed by atoms with van der Waals surface area (Å²) < 4.78 is 0. The molecule has 0 saturated heterocycles. The third kappa shape index (κ3) is 16.2. The maximum absolute atomic E-state index is 3.55. The van der Waals surface area contributed by atoms with Crippen molar-refractivity contribution in [3.8, 4) is 0 Å². The van der Waals surface area contributed by atoms with Gasteiger partial charge in [0.15, 0.2) is 0 Å². The molecule has 0 aromatic rings. The minimum atomic E-state index is 0. The summed E-state index contributed by atoms with van der Waals surface area (Å²) in [5.41, 5.74) is 3.63. The van der Waals surface area contributed by atoms with Crippen LogP contribution in [-0.2, 0) is 20.4 Å². The van der Waals surface area contributed by atoms with E-state index in [9.17, 15) is 0 Å². The normalized spacial score (nSPS) is 11.0. The third-order valence-electron chi connectivity index (χ3n) is 3.84. The van der Waals surface area contributed by atoms with Gasteiger partial charge in [-0.15, -0.1) is 29.0 Å². The van der Waals surface area contributed by atoms with Gasteiger partial charge in [0.2, 0.25) is 0 Å². The van der Waals surface area contributed by atoms with Crippen molar-refractivity contribution < 1.29 is 20.4 Å². The molecule has 0 fully saturated rings. The Morgan fingerprint density at radius 2 is 0.826 bits per heavy atom. The Labute approximate surface area is 164 Å². The molecule has 0 nitrogen and oxygen atoms in total. The number of hydrogen-bond acceptors (Lipinski definition) is 0. The second-order valence-electron chi connectivity index (χ2n) is 7.01. The first kappa shape index (κ1) is 28.8. The number of rotatable bonds is 10. The van der Waals surface area contributed by atoms with Crippen LogP contribution in [0.15, 0.2) is 25.3 Å². The summed E-state index contributed by atoms with van der Waals surface area (Å²) in [7, 11) is 0.511. The van der Waals surface area contributed by atoms with Gasteiger partial charge in [-0.1, -0.05) is 67.5 Å². The number of hydrogen-bond donors (Lipinski definition) is 0. The summed E-state index contributed by atoms with van der Waals surface area (Å²) in [6, 6.07) is 0. The van der Waals surface area contributed by atoms with E-state index in [0.29, 0.717) is 0 Å². The quantitative estimate of drug-likeness (QED) is 0.138.